The molecule has 0 aliphatic carbocycles. The van der Waals surface area contributed by atoms with Gasteiger partial charge in [-0.25, -0.2) is 9.97 Å². The van der Waals surface area contributed by atoms with Gasteiger partial charge in [0.2, 0.25) is 0 Å². The Morgan fingerprint density at radius 2 is 0.878 bits per heavy atom. The van der Waals surface area contributed by atoms with Crippen LogP contribution in [0.4, 0.5) is 0 Å². The summed E-state index contributed by atoms with van der Waals surface area (Å²) in [6.45, 7) is 0. The standard InChI is InChI=1S/C46H29N3/c1-4-14-30(15-5-1)41-29-42(48-46(47-41)31-16-6-2-7-17-31)32-24-25-38-40(28-32)35-21-11-10-20-34(35)37-26-27-39-36-22-12-13-23-43(36)49(45(39)44(37)38)33-18-8-3-9-19-33/h1-29H. The van der Waals surface area contributed by atoms with Gasteiger partial charge in [-0.15, -0.1) is 0 Å². The molecule has 0 bridgehead atoms. The summed E-state index contributed by atoms with van der Waals surface area (Å²) in [5.74, 6) is 0.717. The van der Waals surface area contributed by atoms with Crippen molar-refractivity contribution in [2.24, 2.45) is 0 Å². The van der Waals surface area contributed by atoms with Crippen LogP contribution in [0.3, 0.4) is 0 Å². The molecule has 0 aliphatic rings. The van der Waals surface area contributed by atoms with E-state index >= 15 is 0 Å². The molecular weight excluding hydrogens is 595 g/mol. The topological polar surface area (TPSA) is 30.7 Å². The Hall–Kier alpha value is -6.58. The van der Waals surface area contributed by atoms with Crippen molar-refractivity contribution in [1.29, 1.82) is 0 Å². The largest absolute Gasteiger partial charge is 0.309 e. The number of para-hydroxylation sites is 2. The average molecular weight is 624 g/mol. The molecule has 0 saturated heterocycles. The maximum Gasteiger partial charge on any atom is 0.160 e. The summed E-state index contributed by atoms with van der Waals surface area (Å²) in [7, 11) is 0. The lowest BCUT2D eigenvalue weighted by molar-refractivity contribution is 1.18. The van der Waals surface area contributed by atoms with E-state index < -0.39 is 0 Å². The zero-order valence-corrected chi connectivity index (χ0v) is 26.6. The van der Waals surface area contributed by atoms with Gasteiger partial charge in [-0.3, -0.25) is 0 Å². The van der Waals surface area contributed by atoms with Gasteiger partial charge in [0, 0.05) is 38.5 Å². The lowest BCUT2D eigenvalue weighted by Crippen LogP contribution is -1.96. The minimum Gasteiger partial charge on any atom is -0.309 e. The molecule has 0 fully saturated rings. The van der Waals surface area contributed by atoms with Crippen molar-refractivity contribution in [2.75, 3.05) is 0 Å². The molecule has 2 heterocycles. The molecule has 0 atom stereocenters. The lowest BCUT2D eigenvalue weighted by atomic mass is 9.91. The molecule has 0 N–H and O–H groups in total. The molecule has 0 radical (unpaired) electrons. The molecule has 0 saturated carbocycles. The fourth-order valence-corrected chi connectivity index (χ4v) is 7.57. The molecule has 0 spiro atoms. The Morgan fingerprint density at radius 1 is 0.347 bits per heavy atom. The first-order valence-corrected chi connectivity index (χ1v) is 16.7. The fourth-order valence-electron chi connectivity index (χ4n) is 7.57. The summed E-state index contributed by atoms with van der Waals surface area (Å²) in [5.41, 5.74) is 8.51. The molecule has 10 aromatic rings. The van der Waals surface area contributed by atoms with Crippen molar-refractivity contribution >= 4 is 54.1 Å². The number of aromatic nitrogens is 3. The van der Waals surface area contributed by atoms with Crippen LogP contribution in [0, 0.1) is 0 Å². The summed E-state index contributed by atoms with van der Waals surface area (Å²) in [5, 5.41) is 9.93. The lowest BCUT2D eigenvalue weighted by Gasteiger charge is -2.15. The van der Waals surface area contributed by atoms with Gasteiger partial charge in [0.1, 0.15) is 0 Å². The molecule has 8 aromatic carbocycles. The zero-order valence-electron chi connectivity index (χ0n) is 26.6. The minimum atomic E-state index is 0.717. The van der Waals surface area contributed by atoms with Gasteiger partial charge < -0.3 is 4.57 Å². The van der Waals surface area contributed by atoms with Crippen LogP contribution >= 0.6 is 0 Å². The molecule has 49 heavy (non-hydrogen) atoms. The van der Waals surface area contributed by atoms with Crippen LogP contribution in [0.2, 0.25) is 0 Å². The van der Waals surface area contributed by atoms with Crippen molar-refractivity contribution in [1.82, 2.24) is 14.5 Å². The summed E-state index contributed by atoms with van der Waals surface area (Å²) in [6, 6.07) is 62.5. The van der Waals surface area contributed by atoms with Crippen molar-refractivity contribution in [2.45, 2.75) is 0 Å². The number of hydrogen-bond donors (Lipinski definition) is 0. The molecular formula is C46H29N3. The van der Waals surface area contributed by atoms with Crippen molar-refractivity contribution in [3.8, 4) is 39.6 Å². The summed E-state index contributed by atoms with van der Waals surface area (Å²) >= 11 is 0. The number of nitrogens with zero attached hydrogens (tertiary/aromatic N) is 3. The van der Waals surface area contributed by atoms with Crippen LogP contribution in [0.25, 0.3) is 93.7 Å². The molecule has 0 unspecified atom stereocenters. The second-order valence-electron chi connectivity index (χ2n) is 12.6. The maximum absolute atomic E-state index is 5.17. The van der Waals surface area contributed by atoms with Crippen molar-refractivity contribution in [3.63, 3.8) is 0 Å². The van der Waals surface area contributed by atoms with Crippen LogP contribution in [0.1, 0.15) is 0 Å². The van der Waals surface area contributed by atoms with Gasteiger partial charge in [-0.1, -0.05) is 146 Å². The maximum atomic E-state index is 5.17. The second-order valence-corrected chi connectivity index (χ2v) is 12.6. The third-order valence-electron chi connectivity index (χ3n) is 9.77. The van der Waals surface area contributed by atoms with E-state index in [0.29, 0.717) is 0 Å². The molecule has 0 aliphatic heterocycles. The molecule has 2 aromatic heterocycles. The Bertz CT molecular complexity index is 2800. The van der Waals surface area contributed by atoms with E-state index in [-0.39, 0.29) is 0 Å². The van der Waals surface area contributed by atoms with Crippen LogP contribution in [-0.2, 0) is 0 Å². The van der Waals surface area contributed by atoms with Crippen LogP contribution in [0.5, 0.6) is 0 Å². The van der Waals surface area contributed by atoms with E-state index in [4.69, 9.17) is 9.97 Å². The minimum absolute atomic E-state index is 0.717. The van der Waals surface area contributed by atoms with Crippen molar-refractivity contribution in [3.05, 3.63) is 176 Å². The molecule has 0 amide bonds. The summed E-state index contributed by atoms with van der Waals surface area (Å²) < 4.78 is 2.44. The Labute approximate surface area is 283 Å². The van der Waals surface area contributed by atoms with E-state index in [1.165, 1.54) is 54.1 Å². The van der Waals surface area contributed by atoms with E-state index in [1.807, 2.05) is 24.3 Å². The van der Waals surface area contributed by atoms with Crippen LogP contribution in [-0.4, -0.2) is 14.5 Å². The fraction of sp³-hybridized carbons (Fsp3) is 0. The third-order valence-corrected chi connectivity index (χ3v) is 9.77. The normalized spacial score (nSPS) is 11.7. The van der Waals surface area contributed by atoms with Gasteiger partial charge in [-0.2, -0.15) is 0 Å². The first kappa shape index (κ1) is 27.5. The zero-order chi connectivity index (χ0) is 32.3. The average Bonchev–Trinajstić information content (AvgIpc) is 3.53. The van der Waals surface area contributed by atoms with E-state index in [9.17, 15) is 0 Å². The molecule has 3 heteroatoms. The molecule has 3 nitrogen and oxygen atoms in total. The van der Waals surface area contributed by atoms with E-state index in [2.05, 4.69) is 156 Å². The predicted molar refractivity (Wildman–Crippen MR) is 205 cm³/mol. The number of hydrogen-bond acceptors (Lipinski definition) is 2. The highest BCUT2D eigenvalue weighted by atomic mass is 15.0. The molecule has 10 rings (SSSR count). The van der Waals surface area contributed by atoms with Gasteiger partial charge in [0.15, 0.2) is 5.82 Å². The number of fused-ring (bicyclic) bond motifs is 10. The van der Waals surface area contributed by atoms with E-state index in [0.717, 1.165) is 39.6 Å². The summed E-state index contributed by atoms with van der Waals surface area (Å²) in [6.07, 6.45) is 0. The Balaban J connectivity index is 1.31. The third kappa shape index (κ3) is 4.37. The SMILES string of the molecule is c1ccc(-c2cc(-c3ccc4c(c3)c3ccccc3c3ccc5c6ccccc6n(-c6ccccc6)c5c34)nc(-c3ccccc3)n2)cc1. The highest BCUT2D eigenvalue weighted by Gasteiger charge is 2.19. The smallest absolute Gasteiger partial charge is 0.160 e. The quantitative estimate of drug-likeness (QED) is 0.183. The second kappa shape index (κ2) is 11.0. The number of benzene rings is 8. The van der Waals surface area contributed by atoms with Crippen LogP contribution in [0.15, 0.2) is 176 Å². The number of rotatable bonds is 4. The Morgan fingerprint density at radius 3 is 1.61 bits per heavy atom. The first-order chi connectivity index (χ1) is 24.3. The molecule has 228 valence electrons. The highest BCUT2D eigenvalue weighted by molar-refractivity contribution is 6.33. The summed E-state index contributed by atoms with van der Waals surface area (Å²) in [4.78, 5) is 10.2. The van der Waals surface area contributed by atoms with E-state index in [1.54, 1.807) is 0 Å². The predicted octanol–water partition coefficient (Wildman–Crippen LogP) is 12.0. The van der Waals surface area contributed by atoms with Gasteiger partial charge in [-0.05, 0) is 57.3 Å². The van der Waals surface area contributed by atoms with Crippen LogP contribution < -0.4 is 0 Å². The van der Waals surface area contributed by atoms with Gasteiger partial charge >= 0.3 is 0 Å². The van der Waals surface area contributed by atoms with Crippen molar-refractivity contribution < 1.29 is 0 Å². The van der Waals surface area contributed by atoms with Gasteiger partial charge in [0.05, 0.1) is 22.4 Å². The van der Waals surface area contributed by atoms with Gasteiger partial charge in [0.25, 0.3) is 0 Å². The monoisotopic (exact) mass is 623 g/mol. The Kier molecular flexibility index (Phi) is 6.18. The highest BCUT2D eigenvalue weighted by Crippen LogP contribution is 2.44. The first-order valence-electron chi connectivity index (χ1n) is 16.7.